The number of para-hydroxylation sites is 1. The van der Waals surface area contributed by atoms with Gasteiger partial charge in [0, 0.05) is 12.2 Å². The van der Waals surface area contributed by atoms with E-state index in [-0.39, 0.29) is 12.0 Å². The number of nitriles is 1. The molecule has 24 heavy (non-hydrogen) atoms. The Morgan fingerprint density at radius 3 is 2.42 bits per heavy atom. The molecule has 0 aliphatic carbocycles. The minimum absolute atomic E-state index is 0.0395. The topological polar surface area (TPSA) is 40.6 Å². The molecule has 1 aliphatic rings. The third-order valence-corrected chi connectivity index (χ3v) is 4.46. The highest BCUT2D eigenvalue weighted by molar-refractivity contribution is 5.49. The fraction of sp³-hybridized carbons (Fsp3) is 0.300. The van der Waals surface area contributed by atoms with Gasteiger partial charge in [-0.05, 0) is 17.7 Å². The van der Waals surface area contributed by atoms with Gasteiger partial charge >= 0.3 is 6.04 Å². The SMILES string of the molecule is [C-]#[N+]C(C#N)C(c1ccccc1)C1COCCN1c1ccccc1. The molecule has 0 N–H and O–H groups in total. The Morgan fingerprint density at radius 2 is 1.79 bits per heavy atom. The van der Waals surface area contributed by atoms with Crippen molar-refractivity contribution in [2.75, 3.05) is 24.7 Å². The first-order valence-corrected chi connectivity index (χ1v) is 8.05. The van der Waals surface area contributed by atoms with Crippen LogP contribution in [0.1, 0.15) is 11.5 Å². The van der Waals surface area contributed by atoms with Crippen LogP contribution in [-0.4, -0.2) is 31.8 Å². The summed E-state index contributed by atoms with van der Waals surface area (Å²) in [5, 5.41) is 9.52. The average molecular weight is 317 g/mol. The predicted octanol–water partition coefficient (Wildman–Crippen LogP) is 3.49. The molecule has 0 aromatic heterocycles. The Hall–Kier alpha value is -2.82. The first kappa shape index (κ1) is 16.1. The number of benzene rings is 2. The second kappa shape index (κ2) is 7.64. The van der Waals surface area contributed by atoms with E-state index in [1.165, 1.54) is 0 Å². The second-order valence-electron chi connectivity index (χ2n) is 5.81. The highest BCUT2D eigenvalue weighted by atomic mass is 16.5. The minimum Gasteiger partial charge on any atom is -0.377 e. The largest absolute Gasteiger partial charge is 0.377 e. The van der Waals surface area contributed by atoms with Crippen LogP contribution < -0.4 is 4.90 Å². The van der Waals surface area contributed by atoms with Crippen molar-refractivity contribution in [1.29, 1.82) is 5.26 Å². The van der Waals surface area contributed by atoms with E-state index in [1.807, 2.05) is 48.5 Å². The third-order valence-electron chi connectivity index (χ3n) is 4.46. The number of hydrogen-bond acceptors (Lipinski definition) is 3. The fourth-order valence-corrected chi connectivity index (χ4v) is 3.34. The van der Waals surface area contributed by atoms with Crippen LogP contribution in [0.2, 0.25) is 0 Å². The van der Waals surface area contributed by atoms with Gasteiger partial charge in [0.1, 0.15) is 0 Å². The van der Waals surface area contributed by atoms with Gasteiger partial charge in [-0.25, -0.2) is 6.57 Å². The summed E-state index contributed by atoms with van der Waals surface area (Å²) in [7, 11) is 0. The smallest absolute Gasteiger partial charge is 0.315 e. The molecule has 1 heterocycles. The van der Waals surface area contributed by atoms with Crippen molar-refractivity contribution in [3.8, 4) is 6.07 Å². The third kappa shape index (κ3) is 3.25. The molecule has 2 aromatic carbocycles. The van der Waals surface area contributed by atoms with E-state index in [0.717, 1.165) is 17.8 Å². The van der Waals surface area contributed by atoms with Gasteiger partial charge in [0.05, 0.1) is 25.2 Å². The molecule has 3 unspecified atom stereocenters. The van der Waals surface area contributed by atoms with Crippen LogP contribution in [0, 0.1) is 17.9 Å². The van der Waals surface area contributed by atoms with E-state index in [2.05, 4.69) is 27.9 Å². The molecule has 4 nitrogen and oxygen atoms in total. The number of morpholine rings is 1. The van der Waals surface area contributed by atoms with Crippen LogP contribution in [-0.2, 0) is 4.74 Å². The lowest BCUT2D eigenvalue weighted by atomic mass is 9.84. The first-order chi connectivity index (χ1) is 11.8. The van der Waals surface area contributed by atoms with Crippen LogP contribution in [0.4, 0.5) is 5.69 Å². The molecule has 3 rings (SSSR count). The molecule has 2 aromatic rings. The summed E-state index contributed by atoms with van der Waals surface area (Å²) in [4.78, 5) is 5.87. The lowest BCUT2D eigenvalue weighted by molar-refractivity contribution is 0.0855. The van der Waals surface area contributed by atoms with Crippen molar-refractivity contribution in [1.82, 2.24) is 0 Å². The molecule has 1 fully saturated rings. The highest BCUT2D eigenvalue weighted by Gasteiger charge is 2.40. The van der Waals surface area contributed by atoms with Crippen molar-refractivity contribution in [2.45, 2.75) is 18.0 Å². The fourth-order valence-electron chi connectivity index (χ4n) is 3.34. The number of nitrogens with zero attached hydrogens (tertiary/aromatic N) is 3. The Labute approximate surface area is 142 Å². The summed E-state index contributed by atoms with van der Waals surface area (Å²) in [6.07, 6.45) is 0. The van der Waals surface area contributed by atoms with Gasteiger partial charge in [-0.2, -0.15) is 5.26 Å². The standard InChI is InChI=1S/C20H19N3O/c1-22-18(14-21)20(16-8-4-2-5-9-16)19-15-24-13-12-23(19)17-10-6-3-7-11-17/h2-11,18-20H,12-13,15H2. The van der Waals surface area contributed by atoms with Crippen molar-refractivity contribution < 1.29 is 4.74 Å². The van der Waals surface area contributed by atoms with Gasteiger partial charge in [-0.3, -0.25) is 4.85 Å². The summed E-state index contributed by atoms with van der Waals surface area (Å²) >= 11 is 0. The zero-order chi connectivity index (χ0) is 16.8. The molecule has 3 atom stereocenters. The van der Waals surface area contributed by atoms with Crippen molar-refractivity contribution >= 4 is 5.69 Å². The zero-order valence-corrected chi connectivity index (χ0v) is 13.4. The maximum atomic E-state index is 9.52. The summed E-state index contributed by atoms with van der Waals surface area (Å²) in [6, 6.07) is 21.4. The highest BCUT2D eigenvalue weighted by Crippen LogP contribution is 2.33. The van der Waals surface area contributed by atoms with Crippen LogP contribution in [0.5, 0.6) is 0 Å². The molecule has 0 spiro atoms. The Morgan fingerprint density at radius 1 is 1.12 bits per heavy atom. The van der Waals surface area contributed by atoms with Crippen LogP contribution in [0.3, 0.4) is 0 Å². The second-order valence-corrected chi connectivity index (χ2v) is 5.81. The molecular formula is C20H19N3O. The maximum Gasteiger partial charge on any atom is 0.315 e. The lowest BCUT2D eigenvalue weighted by Crippen LogP contribution is -2.51. The maximum absolute atomic E-state index is 9.52. The molecule has 1 aliphatic heterocycles. The van der Waals surface area contributed by atoms with Gasteiger partial charge in [-0.1, -0.05) is 48.5 Å². The van der Waals surface area contributed by atoms with E-state index in [1.54, 1.807) is 0 Å². The lowest BCUT2D eigenvalue weighted by Gasteiger charge is -2.41. The average Bonchev–Trinajstić information content (AvgIpc) is 2.67. The number of anilines is 1. The van der Waals surface area contributed by atoms with Crippen molar-refractivity contribution in [3.63, 3.8) is 0 Å². The molecule has 0 bridgehead atoms. The molecule has 1 saturated heterocycles. The molecule has 0 amide bonds. The number of rotatable bonds is 4. The van der Waals surface area contributed by atoms with E-state index in [9.17, 15) is 5.26 Å². The monoisotopic (exact) mass is 317 g/mol. The molecule has 4 heteroatoms. The van der Waals surface area contributed by atoms with Gasteiger partial charge in [-0.15, -0.1) is 0 Å². The van der Waals surface area contributed by atoms with Crippen LogP contribution >= 0.6 is 0 Å². The summed E-state index contributed by atoms with van der Waals surface area (Å²) < 4.78 is 5.72. The Bertz CT molecular complexity index is 719. The van der Waals surface area contributed by atoms with Gasteiger partial charge < -0.3 is 9.64 Å². The Kier molecular flexibility index (Phi) is 5.11. The zero-order valence-electron chi connectivity index (χ0n) is 13.4. The first-order valence-electron chi connectivity index (χ1n) is 8.05. The van der Waals surface area contributed by atoms with Gasteiger partial charge in [0.2, 0.25) is 0 Å². The molecule has 120 valence electrons. The van der Waals surface area contributed by atoms with Crippen LogP contribution in [0.25, 0.3) is 4.85 Å². The van der Waals surface area contributed by atoms with E-state index in [4.69, 9.17) is 11.3 Å². The summed E-state index contributed by atoms with van der Waals surface area (Å²) in [5.74, 6) is -0.214. The van der Waals surface area contributed by atoms with Gasteiger partial charge in [0.25, 0.3) is 0 Å². The Balaban J connectivity index is 2.02. The quantitative estimate of drug-likeness (QED) is 0.811. The van der Waals surface area contributed by atoms with E-state index in [0.29, 0.717) is 13.2 Å². The summed E-state index contributed by atoms with van der Waals surface area (Å²) in [6.45, 7) is 9.40. The minimum atomic E-state index is -0.731. The van der Waals surface area contributed by atoms with E-state index >= 15 is 0 Å². The normalized spacial score (nSPS) is 19.8. The molecule has 0 radical (unpaired) electrons. The number of ether oxygens (including phenoxy) is 1. The van der Waals surface area contributed by atoms with Crippen LogP contribution in [0.15, 0.2) is 60.7 Å². The van der Waals surface area contributed by atoms with Crippen molar-refractivity contribution in [2.24, 2.45) is 0 Å². The number of hydrogen-bond donors (Lipinski definition) is 0. The summed E-state index contributed by atoms with van der Waals surface area (Å²) in [5.41, 5.74) is 2.12. The molecular weight excluding hydrogens is 298 g/mol. The van der Waals surface area contributed by atoms with Crippen molar-refractivity contribution in [3.05, 3.63) is 77.6 Å². The molecule has 0 saturated carbocycles. The van der Waals surface area contributed by atoms with Gasteiger partial charge in [0.15, 0.2) is 6.07 Å². The van der Waals surface area contributed by atoms with E-state index < -0.39 is 6.04 Å². The predicted molar refractivity (Wildman–Crippen MR) is 93.6 cm³/mol.